The second kappa shape index (κ2) is 9.41. The molecule has 0 aliphatic rings. The number of aromatic hydroxyl groups is 1. The van der Waals surface area contributed by atoms with Crippen molar-refractivity contribution in [3.05, 3.63) is 138 Å². The average molecular weight is 408 g/mol. The molecule has 3 nitrogen and oxygen atoms in total. The van der Waals surface area contributed by atoms with Gasteiger partial charge < -0.3 is 10.2 Å². The summed E-state index contributed by atoms with van der Waals surface area (Å²) in [4.78, 5) is 4.84. The third kappa shape index (κ3) is 4.57. The van der Waals surface area contributed by atoms with Gasteiger partial charge in [0.05, 0.1) is 6.04 Å². The first-order valence-corrected chi connectivity index (χ1v) is 10.4. The Morgan fingerprint density at radius 3 is 1.71 bits per heavy atom. The number of para-hydroxylation sites is 1. The van der Waals surface area contributed by atoms with E-state index in [9.17, 15) is 10.2 Å². The molecule has 0 radical (unpaired) electrons. The van der Waals surface area contributed by atoms with Gasteiger partial charge in [-0.15, -0.1) is 0 Å². The summed E-state index contributed by atoms with van der Waals surface area (Å²) < 4.78 is 0. The van der Waals surface area contributed by atoms with Crippen molar-refractivity contribution < 1.29 is 10.2 Å². The average Bonchev–Trinajstić information content (AvgIpc) is 2.84. The minimum absolute atomic E-state index is 0.160. The minimum Gasteiger partial charge on any atom is -0.507 e. The number of hydrogen-bond donors (Lipinski definition) is 2. The Morgan fingerprint density at radius 1 is 0.677 bits per heavy atom. The van der Waals surface area contributed by atoms with Crippen molar-refractivity contribution in [1.29, 1.82) is 0 Å². The van der Waals surface area contributed by atoms with Crippen LogP contribution in [0.25, 0.3) is 0 Å². The van der Waals surface area contributed by atoms with Gasteiger partial charge in [-0.2, -0.15) is 0 Å². The van der Waals surface area contributed by atoms with Gasteiger partial charge >= 0.3 is 0 Å². The molecular weight excluding hydrogens is 382 g/mol. The van der Waals surface area contributed by atoms with Gasteiger partial charge in [0.2, 0.25) is 0 Å². The number of hydrogen-bond acceptors (Lipinski definition) is 3. The summed E-state index contributed by atoms with van der Waals surface area (Å²) in [6.45, 7) is 0. The van der Waals surface area contributed by atoms with Crippen LogP contribution in [0.1, 0.15) is 22.3 Å². The van der Waals surface area contributed by atoms with Crippen LogP contribution in [0.5, 0.6) is 5.75 Å². The van der Waals surface area contributed by atoms with Crippen LogP contribution in [0.15, 0.2) is 120 Å². The maximum absolute atomic E-state index is 12.2. The normalized spacial score (nSPS) is 12.7. The Morgan fingerprint density at radius 2 is 1.16 bits per heavy atom. The zero-order valence-electron chi connectivity index (χ0n) is 17.2. The van der Waals surface area contributed by atoms with E-state index in [0.717, 1.165) is 16.7 Å². The molecule has 0 saturated carbocycles. The highest BCUT2D eigenvalue weighted by Crippen LogP contribution is 2.36. The highest BCUT2D eigenvalue weighted by molar-refractivity contribution is 5.83. The first-order valence-electron chi connectivity index (χ1n) is 10.4. The SMILES string of the molecule is Oc1ccccc1C=N[C@H](Cc1ccccc1)C(O)(c1ccccc1)c1ccccc1. The van der Waals surface area contributed by atoms with Crippen molar-refractivity contribution in [2.24, 2.45) is 4.99 Å². The van der Waals surface area contributed by atoms with E-state index in [1.54, 1.807) is 18.3 Å². The molecule has 0 heterocycles. The van der Waals surface area contributed by atoms with E-state index in [2.05, 4.69) is 0 Å². The molecule has 0 aromatic heterocycles. The van der Waals surface area contributed by atoms with Crippen molar-refractivity contribution in [3.63, 3.8) is 0 Å². The number of benzene rings is 4. The Bertz CT molecular complexity index is 1090. The van der Waals surface area contributed by atoms with Crippen LogP contribution in [-0.4, -0.2) is 22.5 Å². The molecule has 0 unspecified atom stereocenters. The fourth-order valence-electron chi connectivity index (χ4n) is 3.85. The Kier molecular flexibility index (Phi) is 6.25. The summed E-state index contributed by atoms with van der Waals surface area (Å²) in [5.41, 5.74) is 1.89. The zero-order valence-corrected chi connectivity index (χ0v) is 17.2. The van der Waals surface area contributed by atoms with Gasteiger partial charge in [0.15, 0.2) is 0 Å². The lowest BCUT2D eigenvalue weighted by Crippen LogP contribution is -2.41. The first kappa shape index (κ1) is 20.6. The van der Waals surface area contributed by atoms with Crippen LogP contribution < -0.4 is 0 Å². The van der Waals surface area contributed by atoms with Gasteiger partial charge in [-0.25, -0.2) is 0 Å². The van der Waals surface area contributed by atoms with Gasteiger partial charge in [0, 0.05) is 11.8 Å². The molecule has 0 bridgehead atoms. The summed E-state index contributed by atoms with van der Waals surface area (Å²) >= 11 is 0. The number of phenols is 1. The smallest absolute Gasteiger partial charge is 0.137 e. The molecule has 1 atom stereocenters. The molecular formula is C28H25NO2. The van der Waals surface area contributed by atoms with E-state index in [-0.39, 0.29) is 5.75 Å². The zero-order chi connectivity index (χ0) is 21.5. The third-order valence-electron chi connectivity index (χ3n) is 5.51. The molecule has 4 aromatic rings. The monoisotopic (exact) mass is 407 g/mol. The second-order valence-electron chi connectivity index (χ2n) is 7.54. The van der Waals surface area contributed by atoms with E-state index >= 15 is 0 Å². The van der Waals surface area contributed by atoms with Crippen molar-refractivity contribution >= 4 is 6.21 Å². The molecule has 0 saturated heterocycles. The predicted octanol–water partition coefficient (Wildman–Crippen LogP) is 5.36. The Balaban J connectivity index is 1.85. The number of nitrogens with zero attached hydrogens (tertiary/aromatic N) is 1. The van der Waals surface area contributed by atoms with Crippen molar-refractivity contribution in [1.82, 2.24) is 0 Å². The van der Waals surface area contributed by atoms with Crippen LogP contribution in [0.3, 0.4) is 0 Å². The predicted molar refractivity (Wildman–Crippen MR) is 126 cm³/mol. The lowest BCUT2D eigenvalue weighted by molar-refractivity contribution is 0.0528. The topological polar surface area (TPSA) is 52.8 Å². The molecule has 2 N–H and O–H groups in total. The van der Waals surface area contributed by atoms with Gasteiger partial charge in [-0.05, 0) is 35.2 Å². The van der Waals surface area contributed by atoms with Crippen LogP contribution >= 0.6 is 0 Å². The summed E-state index contributed by atoms with van der Waals surface area (Å²) in [6.07, 6.45) is 2.19. The third-order valence-corrected chi connectivity index (χ3v) is 5.51. The molecule has 154 valence electrons. The maximum atomic E-state index is 12.2. The highest BCUT2D eigenvalue weighted by Gasteiger charge is 2.40. The Labute approximate surface area is 183 Å². The van der Waals surface area contributed by atoms with E-state index in [1.165, 1.54) is 0 Å². The molecule has 4 rings (SSSR count). The van der Waals surface area contributed by atoms with Crippen molar-refractivity contribution in [2.75, 3.05) is 0 Å². The largest absolute Gasteiger partial charge is 0.507 e. The fraction of sp³-hybridized carbons (Fsp3) is 0.107. The fourth-order valence-corrected chi connectivity index (χ4v) is 3.85. The van der Waals surface area contributed by atoms with Gasteiger partial charge in [0.25, 0.3) is 0 Å². The Hall–Kier alpha value is -3.69. The van der Waals surface area contributed by atoms with Gasteiger partial charge in [-0.3, -0.25) is 4.99 Å². The van der Waals surface area contributed by atoms with Crippen molar-refractivity contribution in [3.8, 4) is 5.75 Å². The molecule has 0 aliphatic heterocycles. The van der Waals surface area contributed by atoms with Crippen LogP contribution in [0, 0.1) is 0 Å². The van der Waals surface area contributed by atoms with Gasteiger partial charge in [-0.1, -0.05) is 103 Å². The number of aliphatic hydroxyl groups is 1. The highest BCUT2D eigenvalue weighted by atomic mass is 16.3. The number of aliphatic imine (C=N–C) groups is 1. The van der Waals surface area contributed by atoms with E-state index in [4.69, 9.17) is 4.99 Å². The van der Waals surface area contributed by atoms with Crippen LogP contribution in [0.2, 0.25) is 0 Å². The molecule has 31 heavy (non-hydrogen) atoms. The molecule has 0 spiro atoms. The lowest BCUT2D eigenvalue weighted by atomic mass is 9.78. The number of phenolic OH excluding ortho intramolecular Hbond substituents is 1. The second-order valence-corrected chi connectivity index (χ2v) is 7.54. The molecule has 0 fully saturated rings. The van der Waals surface area contributed by atoms with Crippen molar-refractivity contribution in [2.45, 2.75) is 18.1 Å². The minimum atomic E-state index is -1.35. The van der Waals surface area contributed by atoms with E-state index < -0.39 is 11.6 Å². The standard InChI is InChI=1S/C28H25NO2/c30-26-19-11-10-14-23(26)21-29-27(20-22-12-4-1-5-13-22)28(31,24-15-6-2-7-16-24)25-17-8-3-9-18-25/h1-19,21,27,30-31H,20H2/t27-/m1/s1. The first-order chi connectivity index (χ1) is 15.2. The van der Waals surface area contributed by atoms with Gasteiger partial charge in [0.1, 0.15) is 11.4 Å². The van der Waals surface area contributed by atoms with Crippen LogP contribution in [-0.2, 0) is 12.0 Å². The quantitative estimate of drug-likeness (QED) is 0.405. The summed E-state index contributed by atoms with van der Waals surface area (Å²) in [7, 11) is 0. The summed E-state index contributed by atoms with van der Waals surface area (Å²) in [5.74, 6) is 0.160. The number of rotatable bonds is 7. The van der Waals surface area contributed by atoms with Crippen LogP contribution in [0.4, 0.5) is 0 Å². The molecule has 0 amide bonds. The maximum Gasteiger partial charge on any atom is 0.137 e. The summed E-state index contributed by atoms with van der Waals surface area (Å²) in [5, 5.41) is 22.4. The molecule has 0 aliphatic carbocycles. The lowest BCUT2D eigenvalue weighted by Gasteiger charge is -2.35. The molecule has 4 aromatic carbocycles. The molecule has 3 heteroatoms. The van der Waals surface area contributed by atoms with E-state index in [0.29, 0.717) is 12.0 Å². The van der Waals surface area contributed by atoms with E-state index in [1.807, 2.05) is 103 Å². The summed E-state index contributed by atoms with van der Waals surface area (Å²) in [6, 6.07) is 35.9.